The molecule has 1 aliphatic rings. The van der Waals surface area contributed by atoms with Gasteiger partial charge >= 0.3 is 30.9 Å². The second kappa shape index (κ2) is 7.02. The summed E-state index contributed by atoms with van der Waals surface area (Å²) in [6, 6.07) is 0. The van der Waals surface area contributed by atoms with Crippen LogP contribution in [0.15, 0.2) is 0 Å². The fourth-order valence-corrected chi connectivity index (χ4v) is 4.28. The summed E-state index contributed by atoms with van der Waals surface area (Å²) in [6.07, 6.45) is -8.09. The lowest BCUT2D eigenvalue weighted by molar-refractivity contribution is -0.382. The Hall–Kier alpha value is -0.610. The molecule has 0 amide bonds. The Morgan fingerprint density at radius 3 is 1.56 bits per heavy atom. The zero-order chi connectivity index (χ0) is 21.7. The van der Waals surface area contributed by atoms with Gasteiger partial charge in [0, 0.05) is 26.2 Å². The number of sulfonamides is 1. The smallest absolute Gasteiger partial charge is 0.324 e. The number of halogens is 9. The fraction of sp³-hybridized carbons (Fsp3) is 1.00. The third-order valence-corrected chi connectivity index (χ3v) is 6.21. The van der Waals surface area contributed by atoms with Crippen LogP contribution in [0.5, 0.6) is 0 Å². The molecule has 0 bridgehead atoms. The molecule has 1 rings (SSSR count). The molecule has 0 aromatic carbocycles. The van der Waals surface area contributed by atoms with Crippen LogP contribution in [0.1, 0.15) is 0 Å². The van der Waals surface area contributed by atoms with Crippen molar-refractivity contribution < 1.29 is 62.3 Å². The molecule has 0 atom stereocenters. The third kappa shape index (κ3) is 4.37. The van der Waals surface area contributed by atoms with Gasteiger partial charge in [-0.25, -0.2) is 8.42 Å². The van der Waals surface area contributed by atoms with Crippen LogP contribution in [0.4, 0.5) is 39.5 Å². The van der Waals surface area contributed by atoms with E-state index >= 15 is 0 Å². The van der Waals surface area contributed by atoms with Gasteiger partial charge in [-0.2, -0.15) is 43.8 Å². The number of rotatable bonds is 6. The maximum absolute atomic E-state index is 13.7. The largest absolute Gasteiger partial charge is 0.460 e. The van der Waals surface area contributed by atoms with Crippen molar-refractivity contribution in [2.75, 3.05) is 32.5 Å². The van der Waals surface area contributed by atoms with E-state index in [4.69, 9.17) is 9.79 Å². The topological polar surface area (TPSA) is 98.2 Å². The molecule has 0 saturated carbocycles. The lowest BCUT2D eigenvalue weighted by atomic mass is 10.1. The molecule has 1 fully saturated rings. The predicted octanol–water partition coefficient (Wildman–Crippen LogP) is 1.49. The first kappa shape index (κ1) is 24.4. The standard InChI is InChI=1S/C9H12F9N2O5PS/c10-6(11,8(14,15)16)7(12,13)9(17,18)27(24,25)20-3-1-19(2-4-20)5-26(21,22)23/h1-5H2,(H2,21,22,23). The summed E-state index contributed by atoms with van der Waals surface area (Å²) in [5.41, 5.74) is 0. The summed E-state index contributed by atoms with van der Waals surface area (Å²) < 4.78 is 149. The highest BCUT2D eigenvalue weighted by molar-refractivity contribution is 7.90. The molecule has 7 nitrogen and oxygen atoms in total. The maximum Gasteiger partial charge on any atom is 0.460 e. The van der Waals surface area contributed by atoms with E-state index in [0.29, 0.717) is 0 Å². The molecule has 0 radical (unpaired) electrons. The van der Waals surface area contributed by atoms with Gasteiger partial charge in [-0.15, -0.1) is 0 Å². The summed E-state index contributed by atoms with van der Waals surface area (Å²) >= 11 is 0. The van der Waals surface area contributed by atoms with Crippen molar-refractivity contribution >= 4 is 17.6 Å². The van der Waals surface area contributed by atoms with Gasteiger partial charge in [-0.3, -0.25) is 9.46 Å². The van der Waals surface area contributed by atoms with Crippen LogP contribution in [0.3, 0.4) is 0 Å². The first-order valence-electron chi connectivity index (χ1n) is 6.65. The van der Waals surface area contributed by atoms with Gasteiger partial charge in [0.25, 0.3) is 10.0 Å². The molecule has 27 heavy (non-hydrogen) atoms. The first-order valence-corrected chi connectivity index (χ1v) is 9.89. The Balaban J connectivity index is 3.11. The summed E-state index contributed by atoms with van der Waals surface area (Å²) in [4.78, 5) is 18.3. The Bertz CT molecular complexity index is 699. The van der Waals surface area contributed by atoms with Crippen LogP contribution < -0.4 is 0 Å². The number of nitrogens with zero attached hydrogens (tertiary/aromatic N) is 2. The van der Waals surface area contributed by atoms with Gasteiger partial charge in [0.05, 0.1) is 0 Å². The van der Waals surface area contributed by atoms with Crippen molar-refractivity contribution in [3.63, 3.8) is 0 Å². The maximum atomic E-state index is 13.7. The zero-order valence-electron chi connectivity index (χ0n) is 12.8. The molecule has 1 heterocycles. The van der Waals surface area contributed by atoms with Crippen molar-refractivity contribution in [2.24, 2.45) is 0 Å². The van der Waals surface area contributed by atoms with Crippen LogP contribution in [0.25, 0.3) is 0 Å². The van der Waals surface area contributed by atoms with Crippen molar-refractivity contribution in [2.45, 2.75) is 23.3 Å². The molecular formula is C9H12F9N2O5PS. The van der Waals surface area contributed by atoms with Gasteiger partial charge in [0.2, 0.25) is 0 Å². The molecular weight excluding hydrogens is 450 g/mol. The summed E-state index contributed by atoms with van der Waals surface area (Å²) in [7, 11) is -11.3. The summed E-state index contributed by atoms with van der Waals surface area (Å²) in [5.74, 6) is -14.7. The number of piperazine rings is 1. The SMILES string of the molecule is O=P(O)(O)CN1CCN(S(=O)(=O)C(F)(F)C(F)(F)C(F)(F)C(F)(F)F)CC1. The molecule has 162 valence electrons. The van der Waals surface area contributed by atoms with E-state index in [1.165, 1.54) is 0 Å². The number of hydrogen-bond donors (Lipinski definition) is 2. The van der Waals surface area contributed by atoms with Gasteiger partial charge in [0.1, 0.15) is 6.29 Å². The number of alkyl halides is 9. The summed E-state index contributed by atoms with van der Waals surface area (Å²) in [6.45, 7) is -3.51. The van der Waals surface area contributed by atoms with Crippen molar-refractivity contribution in [3.8, 4) is 0 Å². The third-order valence-electron chi connectivity index (χ3n) is 3.50. The van der Waals surface area contributed by atoms with Gasteiger partial charge < -0.3 is 9.79 Å². The lowest BCUT2D eigenvalue weighted by Gasteiger charge is -2.38. The van der Waals surface area contributed by atoms with Crippen LogP contribution in [0.2, 0.25) is 0 Å². The second-order valence-electron chi connectivity index (χ2n) is 5.49. The van der Waals surface area contributed by atoms with Gasteiger partial charge in [-0.05, 0) is 0 Å². The molecule has 0 aromatic rings. The van der Waals surface area contributed by atoms with Crippen molar-refractivity contribution in [1.29, 1.82) is 0 Å². The highest BCUT2D eigenvalue weighted by Crippen LogP contribution is 2.55. The fourth-order valence-electron chi connectivity index (χ4n) is 2.06. The quantitative estimate of drug-likeness (QED) is 0.459. The number of hydrogen-bond acceptors (Lipinski definition) is 4. The van der Waals surface area contributed by atoms with Crippen molar-refractivity contribution in [1.82, 2.24) is 9.21 Å². The van der Waals surface area contributed by atoms with E-state index in [-0.39, 0.29) is 0 Å². The van der Waals surface area contributed by atoms with Crippen LogP contribution in [-0.4, -0.2) is 83.2 Å². The molecule has 18 heteroatoms. The average Bonchev–Trinajstić information content (AvgIpc) is 2.44. The van der Waals surface area contributed by atoms with E-state index in [1.807, 2.05) is 0 Å². The normalized spacial score (nSPS) is 20.1. The van der Waals surface area contributed by atoms with Crippen LogP contribution >= 0.6 is 7.60 Å². The summed E-state index contributed by atoms with van der Waals surface area (Å²) in [5, 5.41) is -6.82. The molecule has 0 unspecified atom stereocenters. The van der Waals surface area contributed by atoms with Crippen molar-refractivity contribution in [3.05, 3.63) is 0 Å². The van der Waals surface area contributed by atoms with E-state index in [2.05, 4.69) is 0 Å². The highest BCUT2D eigenvalue weighted by atomic mass is 32.2. The minimum Gasteiger partial charge on any atom is -0.324 e. The van der Waals surface area contributed by atoms with E-state index < -0.39 is 77.7 Å². The van der Waals surface area contributed by atoms with Crippen LogP contribution in [0, 0.1) is 0 Å². The zero-order valence-corrected chi connectivity index (χ0v) is 14.5. The van der Waals surface area contributed by atoms with Crippen LogP contribution in [-0.2, 0) is 14.6 Å². The lowest BCUT2D eigenvalue weighted by Crippen LogP contribution is -2.66. The molecule has 0 aromatic heterocycles. The molecule has 0 spiro atoms. The minimum absolute atomic E-state index is 0.441. The molecule has 1 aliphatic heterocycles. The Morgan fingerprint density at radius 1 is 0.815 bits per heavy atom. The molecule has 2 N–H and O–H groups in total. The Morgan fingerprint density at radius 2 is 1.22 bits per heavy atom. The average molecular weight is 462 g/mol. The monoisotopic (exact) mass is 462 g/mol. The Kier molecular flexibility index (Phi) is 6.35. The Labute approximate surface area is 145 Å². The molecule has 0 aliphatic carbocycles. The second-order valence-corrected chi connectivity index (χ2v) is 9.08. The highest BCUT2D eigenvalue weighted by Gasteiger charge is 2.85. The van der Waals surface area contributed by atoms with E-state index in [0.717, 1.165) is 4.90 Å². The van der Waals surface area contributed by atoms with Gasteiger partial charge in [-0.1, -0.05) is 0 Å². The van der Waals surface area contributed by atoms with Gasteiger partial charge in [0.15, 0.2) is 0 Å². The molecule has 1 saturated heterocycles. The minimum atomic E-state index is -7.35. The van der Waals surface area contributed by atoms with E-state index in [9.17, 15) is 52.5 Å². The first-order chi connectivity index (χ1) is 11.7. The van der Waals surface area contributed by atoms with E-state index in [1.54, 1.807) is 0 Å². The predicted molar refractivity (Wildman–Crippen MR) is 69.9 cm³/mol.